The van der Waals surface area contributed by atoms with Gasteiger partial charge in [-0.25, -0.2) is 22.0 Å². The number of carbonyl (C=O) groups excluding carboxylic acids is 2. The first-order chi connectivity index (χ1) is 19.6. The number of aromatic nitrogens is 3. The van der Waals surface area contributed by atoms with Crippen LogP contribution in [0.5, 0.6) is 0 Å². The van der Waals surface area contributed by atoms with Crippen LogP contribution >= 0.6 is 0 Å². The van der Waals surface area contributed by atoms with Gasteiger partial charge in [-0.15, -0.1) is 0 Å². The molecule has 4 aromatic rings. The van der Waals surface area contributed by atoms with Crippen LogP contribution in [0.25, 0.3) is 11.1 Å². The number of carbonyl (C=O) groups is 2. The molecule has 1 fully saturated rings. The minimum absolute atomic E-state index is 0.00763. The maximum absolute atomic E-state index is 14.3. The third-order valence-corrected chi connectivity index (χ3v) is 7.55. The second kappa shape index (κ2) is 10.1. The lowest BCUT2D eigenvalue weighted by Gasteiger charge is -2.22. The first kappa shape index (κ1) is 26.6. The molecule has 6 rings (SSSR count). The number of pyridine rings is 1. The zero-order chi connectivity index (χ0) is 29.0. The predicted molar refractivity (Wildman–Crippen MR) is 136 cm³/mol. The van der Waals surface area contributed by atoms with Crippen LogP contribution in [0, 0.1) is 23.4 Å². The summed E-state index contributed by atoms with van der Waals surface area (Å²) in [4.78, 5) is 29.5. The van der Waals surface area contributed by atoms with Crippen LogP contribution in [0.4, 0.5) is 22.0 Å². The number of benzene rings is 2. The second-order valence-corrected chi connectivity index (χ2v) is 10.2. The number of amides is 2. The maximum atomic E-state index is 14.3. The van der Waals surface area contributed by atoms with E-state index in [0.717, 1.165) is 24.6 Å². The van der Waals surface area contributed by atoms with Gasteiger partial charge in [0.1, 0.15) is 29.7 Å². The molecule has 2 aromatic carbocycles. The van der Waals surface area contributed by atoms with Gasteiger partial charge in [0.25, 0.3) is 12.3 Å². The molecule has 2 aliphatic rings. The third-order valence-electron chi connectivity index (χ3n) is 7.55. The molecule has 2 aromatic heterocycles. The fraction of sp³-hybridized carbons (Fsp3) is 0.241. The van der Waals surface area contributed by atoms with Crippen molar-refractivity contribution in [3.8, 4) is 11.1 Å². The first-order valence-corrected chi connectivity index (χ1v) is 12.8. The Morgan fingerprint density at radius 1 is 1.05 bits per heavy atom. The van der Waals surface area contributed by atoms with Crippen molar-refractivity contribution in [1.29, 1.82) is 0 Å². The summed E-state index contributed by atoms with van der Waals surface area (Å²) >= 11 is 0. The van der Waals surface area contributed by atoms with Crippen LogP contribution in [0.3, 0.4) is 0 Å². The molecule has 0 aliphatic heterocycles. The summed E-state index contributed by atoms with van der Waals surface area (Å²) in [7, 11) is 0. The number of nitrogens with zero attached hydrogens (tertiary/aromatic N) is 3. The van der Waals surface area contributed by atoms with Crippen molar-refractivity contribution < 1.29 is 31.5 Å². The number of nitrogens with two attached hydrogens (primary N) is 1. The van der Waals surface area contributed by atoms with Gasteiger partial charge in [0.15, 0.2) is 0 Å². The average molecular weight is 568 g/mol. The minimum Gasteiger partial charge on any atom is -0.366 e. The summed E-state index contributed by atoms with van der Waals surface area (Å²) in [5, 5.41) is 6.73. The fourth-order valence-corrected chi connectivity index (χ4v) is 5.68. The van der Waals surface area contributed by atoms with Gasteiger partial charge < -0.3 is 11.1 Å². The van der Waals surface area contributed by atoms with E-state index in [4.69, 9.17) is 5.73 Å². The molecule has 12 heteroatoms. The van der Waals surface area contributed by atoms with Crippen molar-refractivity contribution in [2.24, 2.45) is 11.7 Å². The zero-order valence-corrected chi connectivity index (χ0v) is 21.3. The second-order valence-electron chi connectivity index (χ2n) is 10.2. The molecule has 2 heterocycles. The quantitative estimate of drug-likeness (QED) is 0.294. The van der Waals surface area contributed by atoms with Crippen LogP contribution in [0.1, 0.15) is 63.4 Å². The Bertz CT molecular complexity index is 1680. The summed E-state index contributed by atoms with van der Waals surface area (Å²) in [5.74, 6) is -4.00. The van der Waals surface area contributed by atoms with E-state index < -0.39 is 48.3 Å². The maximum Gasteiger partial charge on any atom is 0.282 e. The molecule has 0 saturated heterocycles. The molecule has 0 unspecified atom stereocenters. The number of rotatable bonds is 8. The van der Waals surface area contributed by atoms with E-state index >= 15 is 0 Å². The fourth-order valence-electron chi connectivity index (χ4n) is 5.68. The van der Waals surface area contributed by atoms with Crippen LogP contribution < -0.4 is 11.1 Å². The molecule has 7 nitrogen and oxygen atoms in total. The van der Waals surface area contributed by atoms with Crippen LogP contribution in [0.2, 0.25) is 0 Å². The first-order valence-electron chi connectivity index (χ1n) is 12.8. The summed E-state index contributed by atoms with van der Waals surface area (Å²) in [6.45, 7) is -0.409. The zero-order valence-electron chi connectivity index (χ0n) is 21.3. The van der Waals surface area contributed by atoms with E-state index in [-0.39, 0.29) is 34.4 Å². The molecule has 0 spiro atoms. The van der Waals surface area contributed by atoms with Gasteiger partial charge in [-0.1, -0.05) is 12.1 Å². The van der Waals surface area contributed by atoms with Crippen molar-refractivity contribution in [3.05, 3.63) is 106 Å². The van der Waals surface area contributed by atoms with E-state index in [2.05, 4.69) is 15.4 Å². The monoisotopic (exact) mass is 567 g/mol. The van der Waals surface area contributed by atoms with Crippen LogP contribution in [-0.2, 0) is 17.8 Å². The molecule has 2 aliphatic carbocycles. The molecular formula is C29H22F5N5O2. The highest BCUT2D eigenvalue weighted by molar-refractivity contribution is 5.94. The minimum atomic E-state index is -2.78. The number of hydrogen-bond donors (Lipinski definition) is 2. The van der Waals surface area contributed by atoms with Crippen molar-refractivity contribution in [1.82, 2.24) is 20.1 Å². The Morgan fingerprint density at radius 3 is 2.51 bits per heavy atom. The van der Waals surface area contributed by atoms with Crippen LogP contribution in [0.15, 0.2) is 54.7 Å². The molecular weight excluding hydrogens is 545 g/mol. The topological polar surface area (TPSA) is 103 Å². The van der Waals surface area contributed by atoms with E-state index in [9.17, 15) is 31.5 Å². The Kier molecular flexibility index (Phi) is 6.55. The smallest absolute Gasteiger partial charge is 0.282 e. The Hall–Kier alpha value is -4.61. The van der Waals surface area contributed by atoms with Gasteiger partial charge in [-0.05, 0) is 66.1 Å². The molecule has 0 bridgehead atoms. The standard InChI is InChI=1S/C29H22F5N5O2/c30-16-6-15(7-17(31)11-16)25(26-18(2-1-5-36-26)13-3-4-21(32)20(8-13)29(35)41)37-23(40)12-39-22-10-14-9-19(14)24(22)27(38-39)28(33)34/h1-8,11,14,19,25,28H,9-10,12H2,(H2,35,41)(H,37,40)/t14-,19-,25-/m0/s1. The lowest BCUT2D eigenvalue weighted by atomic mass is 9.94. The van der Waals surface area contributed by atoms with Gasteiger partial charge >= 0.3 is 0 Å². The summed E-state index contributed by atoms with van der Waals surface area (Å²) < 4.78 is 71.5. The van der Waals surface area contributed by atoms with Gasteiger partial charge in [-0.3, -0.25) is 19.3 Å². The lowest BCUT2D eigenvalue weighted by Crippen LogP contribution is -2.34. The van der Waals surface area contributed by atoms with E-state index in [1.165, 1.54) is 23.0 Å². The Balaban J connectivity index is 1.39. The average Bonchev–Trinajstić information content (AvgIpc) is 3.44. The summed E-state index contributed by atoms with van der Waals surface area (Å²) in [5.41, 5.74) is 6.48. The lowest BCUT2D eigenvalue weighted by molar-refractivity contribution is -0.122. The molecule has 41 heavy (non-hydrogen) atoms. The van der Waals surface area contributed by atoms with Gasteiger partial charge in [0, 0.05) is 29.1 Å². The highest BCUT2D eigenvalue weighted by Gasteiger charge is 2.50. The number of hydrogen-bond acceptors (Lipinski definition) is 4. The molecule has 2 amide bonds. The molecule has 0 radical (unpaired) electrons. The van der Waals surface area contributed by atoms with Crippen molar-refractivity contribution in [2.45, 2.75) is 37.8 Å². The number of fused-ring (bicyclic) bond motifs is 3. The Morgan fingerprint density at radius 2 is 1.80 bits per heavy atom. The molecule has 3 N–H and O–H groups in total. The predicted octanol–water partition coefficient (Wildman–Crippen LogP) is 4.96. The van der Waals surface area contributed by atoms with Crippen molar-refractivity contribution in [3.63, 3.8) is 0 Å². The van der Waals surface area contributed by atoms with Gasteiger partial charge in [0.05, 0.1) is 17.3 Å². The largest absolute Gasteiger partial charge is 0.366 e. The van der Waals surface area contributed by atoms with E-state index in [1.807, 2.05) is 0 Å². The number of alkyl halides is 2. The van der Waals surface area contributed by atoms with Gasteiger partial charge in [-0.2, -0.15) is 5.10 Å². The van der Waals surface area contributed by atoms with Gasteiger partial charge in [0.2, 0.25) is 5.91 Å². The SMILES string of the molecule is NC(=O)c1cc(-c2cccnc2[C@@H](NC(=O)Cn2nc(C(F)F)c3c2C[C@@H]2C[C@H]32)c2cc(F)cc(F)c2)ccc1F. The highest BCUT2D eigenvalue weighted by atomic mass is 19.3. The normalized spacial score (nSPS) is 17.7. The summed E-state index contributed by atoms with van der Waals surface area (Å²) in [6.07, 6.45) is -0.0233. The molecule has 1 saturated carbocycles. The van der Waals surface area contributed by atoms with Crippen molar-refractivity contribution in [2.75, 3.05) is 0 Å². The number of primary amides is 1. The van der Waals surface area contributed by atoms with Crippen molar-refractivity contribution >= 4 is 11.8 Å². The summed E-state index contributed by atoms with van der Waals surface area (Å²) in [6, 6.07) is 8.27. The highest BCUT2D eigenvalue weighted by Crippen LogP contribution is 2.58. The third kappa shape index (κ3) is 4.94. The number of nitrogens with one attached hydrogen (secondary N) is 1. The van der Waals surface area contributed by atoms with E-state index in [0.29, 0.717) is 34.9 Å². The molecule has 210 valence electrons. The number of halogens is 5. The molecule has 3 atom stereocenters. The van der Waals surface area contributed by atoms with Crippen LogP contribution in [-0.4, -0.2) is 26.6 Å². The Labute approximate surface area is 230 Å². The van der Waals surface area contributed by atoms with E-state index in [1.54, 1.807) is 12.1 Å².